The number of anilines is 2. The van der Waals surface area contributed by atoms with Crippen LogP contribution in [-0.2, 0) is 27.4 Å². The Morgan fingerprint density at radius 2 is 1.36 bits per heavy atom. The van der Waals surface area contributed by atoms with Gasteiger partial charge in [0.25, 0.3) is 0 Å². The molecule has 0 aliphatic carbocycles. The number of thioether (sulfide) groups is 1. The first-order chi connectivity index (χ1) is 24.4. The zero-order chi connectivity index (χ0) is 34.7. The average molecular weight is 690 g/mol. The van der Waals surface area contributed by atoms with Crippen molar-refractivity contribution in [1.82, 2.24) is 5.32 Å². The predicted octanol–water partition coefficient (Wildman–Crippen LogP) is 8.59. The molecule has 0 saturated carbocycles. The van der Waals surface area contributed by atoms with Crippen molar-refractivity contribution in [2.45, 2.75) is 49.9 Å². The minimum absolute atomic E-state index is 0.0158. The van der Waals surface area contributed by atoms with Crippen molar-refractivity contribution >= 4 is 35.1 Å². The highest BCUT2D eigenvalue weighted by atomic mass is 32.2. The maximum absolute atomic E-state index is 12.6. The lowest BCUT2D eigenvalue weighted by atomic mass is 10.0. The lowest BCUT2D eigenvalue weighted by Crippen LogP contribution is -2.31. The molecule has 5 aromatic carbocycles. The number of hydrogen-bond donors (Lipinski definition) is 4. The summed E-state index contributed by atoms with van der Waals surface area (Å²) in [5, 5.41) is 18.1. The first-order valence-electron chi connectivity index (χ1n) is 16.4. The minimum Gasteiger partial charge on any atom is -0.457 e. The molecule has 1 heterocycles. The molecular weight excluding hydrogens is 651 g/mol. The summed E-state index contributed by atoms with van der Waals surface area (Å²) in [6.45, 7) is 1.82. The molecule has 6 rings (SSSR count). The highest BCUT2D eigenvalue weighted by Gasteiger charge is 2.32. The van der Waals surface area contributed by atoms with Crippen molar-refractivity contribution in [3.8, 4) is 11.5 Å². The summed E-state index contributed by atoms with van der Waals surface area (Å²) in [4.78, 5) is 25.1. The van der Waals surface area contributed by atoms with Crippen LogP contribution in [0.1, 0.15) is 48.0 Å². The van der Waals surface area contributed by atoms with Gasteiger partial charge in [-0.3, -0.25) is 4.79 Å². The van der Waals surface area contributed by atoms with Crippen LogP contribution in [0.2, 0.25) is 0 Å². The number of rotatable bonds is 12. The first kappa shape index (κ1) is 34.7. The number of hydrogen-bond acceptors (Lipinski definition) is 7. The van der Waals surface area contributed by atoms with Crippen LogP contribution in [0.25, 0.3) is 0 Å². The van der Waals surface area contributed by atoms with Gasteiger partial charge in [-0.25, -0.2) is 4.79 Å². The summed E-state index contributed by atoms with van der Waals surface area (Å²) < 4.78 is 18.8. The molecule has 0 radical (unpaired) electrons. The molecule has 10 heteroatoms. The van der Waals surface area contributed by atoms with E-state index in [1.54, 1.807) is 36.0 Å². The number of nitrogens with one attached hydrogen (secondary N) is 3. The van der Waals surface area contributed by atoms with Crippen LogP contribution in [0.5, 0.6) is 11.5 Å². The Labute approximate surface area is 296 Å². The van der Waals surface area contributed by atoms with Crippen molar-refractivity contribution in [1.29, 1.82) is 0 Å². The van der Waals surface area contributed by atoms with Crippen LogP contribution in [0.4, 0.5) is 16.2 Å². The Bertz CT molecular complexity index is 1840. The molecule has 1 saturated heterocycles. The highest BCUT2D eigenvalue weighted by molar-refractivity contribution is 7.99. The second-order valence-electron chi connectivity index (χ2n) is 11.9. The highest BCUT2D eigenvalue weighted by Crippen LogP contribution is 2.39. The predicted molar refractivity (Wildman–Crippen MR) is 195 cm³/mol. The summed E-state index contributed by atoms with van der Waals surface area (Å²) in [6, 6.07) is 39.8. The molecule has 0 spiro atoms. The van der Waals surface area contributed by atoms with Crippen LogP contribution < -0.4 is 20.7 Å². The van der Waals surface area contributed by atoms with Crippen LogP contribution in [0, 0.1) is 0 Å². The normalized spacial score (nSPS) is 17.0. The Hall–Kier alpha value is -5.13. The molecule has 0 aromatic heterocycles. The van der Waals surface area contributed by atoms with Gasteiger partial charge in [0.15, 0.2) is 6.29 Å². The van der Waals surface area contributed by atoms with Gasteiger partial charge in [-0.05, 0) is 77.4 Å². The van der Waals surface area contributed by atoms with E-state index in [2.05, 4.69) is 16.0 Å². The zero-order valence-electron chi connectivity index (χ0n) is 27.6. The van der Waals surface area contributed by atoms with E-state index in [-0.39, 0.29) is 30.8 Å². The van der Waals surface area contributed by atoms with Crippen molar-refractivity contribution < 1.29 is 28.9 Å². The molecule has 9 nitrogen and oxygen atoms in total. The van der Waals surface area contributed by atoms with E-state index in [0.717, 1.165) is 38.6 Å². The average Bonchev–Trinajstić information content (AvgIpc) is 3.15. The van der Waals surface area contributed by atoms with Crippen molar-refractivity contribution in [2.24, 2.45) is 0 Å². The maximum Gasteiger partial charge on any atom is 0.319 e. The van der Waals surface area contributed by atoms with Crippen molar-refractivity contribution in [2.75, 3.05) is 16.4 Å². The van der Waals surface area contributed by atoms with Crippen LogP contribution in [0.15, 0.2) is 132 Å². The zero-order valence-corrected chi connectivity index (χ0v) is 28.4. The molecule has 3 amide bonds. The van der Waals surface area contributed by atoms with Gasteiger partial charge in [-0.15, -0.1) is 11.8 Å². The number of carbonyl (C=O) groups is 2. The number of benzene rings is 5. The summed E-state index contributed by atoms with van der Waals surface area (Å²) in [7, 11) is 0. The van der Waals surface area contributed by atoms with Gasteiger partial charge < -0.3 is 35.3 Å². The maximum atomic E-state index is 12.6. The van der Waals surface area contributed by atoms with Crippen molar-refractivity contribution in [3.05, 3.63) is 150 Å². The van der Waals surface area contributed by atoms with Gasteiger partial charge in [0.2, 0.25) is 5.91 Å². The number of para-hydroxylation sites is 1. The first-order valence-corrected chi connectivity index (χ1v) is 17.4. The SMILES string of the molecule is CC(=O)Nc1ccc(SCC2CC(c3ccc(CO)cc3)OC(c3ccc(CNC(=O)Nc4ccc(Oc5ccccc5)cc4)cc3)O2)cc1. The van der Waals surface area contributed by atoms with E-state index >= 15 is 0 Å². The number of amides is 3. The molecule has 256 valence electrons. The number of aliphatic hydroxyl groups excluding tert-OH is 1. The molecule has 1 aliphatic rings. The molecule has 1 fully saturated rings. The Balaban J connectivity index is 1.05. The Kier molecular flexibility index (Phi) is 11.8. The van der Waals surface area contributed by atoms with E-state index in [1.807, 2.05) is 103 Å². The Morgan fingerprint density at radius 3 is 2.04 bits per heavy atom. The fourth-order valence-corrected chi connectivity index (χ4v) is 6.35. The number of carbonyl (C=O) groups excluding carboxylic acids is 2. The molecule has 4 N–H and O–H groups in total. The van der Waals surface area contributed by atoms with Gasteiger partial charge in [-0.2, -0.15) is 0 Å². The topological polar surface area (TPSA) is 118 Å². The molecule has 50 heavy (non-hydrogen) atoms. The Morgan fingerprint density at radius 1 is 0.740 bits per heavy atom. The standard InChI is InChI=1S/C40H39N3O6S/c1-27(45)42-32-17-21-37(22-18-32)50-26-36-23-38(30-11-9-29(25-44)10-12-30)49-39(48-36)31-13-7-28(8-14-31)24-41-40(46)43-33-15-19-35(20-16-33)47-34-5-3-2-4-6-34/h2-22,36,38-39,44H,23-26H2,1H3,(H,42,45)(H2,41,43,46). The van der Waals surface area contributed by atoms with Gasteiger partial charge in [0.1, 0.15) is 11.5 Å². The van der Waals surface area contributed by atoms with E-state index in [4.69, 9.17) is 14.2 Å². The largest absolute Gasteiger partial charge is 0.457 e. The summed E-state index contributed by atoms with van der Waals surface area (Å²) in [5.41, 5.74) is 5.08. The van der Waals surface area contributed by atoms with E-state index in [0.29, 0.717) is 30.2 Å². The van der Waals surface area contributed by atoms with Gasteiger partial charge in [0.05, 0.1) is 18.8 Å². The quantitative estimate of drug-likeness (QED) is 0.0970. The molecule has 1 aliphatic heterocycles. The molecule has 3 unspecified atom stereocenters. The lowest BCUT2D eigenvalue weighted by Gasteiger charge is -2.36. The van der Waals surface area contributed by atoms with E-state index in [1.165, 1.54) is 6.92 Å². The molecule has 0 bridgehead atoms. The molecule has 3 atom stereocenters. The summed E-state index contributed by atoms with van der Waals surface area (Å²) >= 11 is 1.69. The second-order valence-corrected chi connectivity index (χ2v) is 12.9. The summed E-state index contributed by atoms with van der Waals surface area (Å²) in [5.74, 6) is 2.03. The monoisotopic (exact) mass is 689 g/mol. The van der Waals surface area contributed by atoms with E-state index < -0.39 is 6.29 Å². The molecular formula is C40H39N3O6S. The van der Waals surface area contributed by atoms with Crippen LogP contribution in [-0.4, -0.2) is 28.9 Å². The molecule has 5 aromatic rings. The van der Waals surface area contributed by atoms with Crippen LogP contribution >= 0.6 is 11.8 Å². The fraction of sp³-hybridized carbons (Fsp3) is 0.200. The number of urea groups is 1. The fourth-order valence-electron chi connectivity index (χ4n) is 5.43. The van der Waals surface area contributed by atoms with E-state index in [9.17, 15) is 14.7 Å². The third-order valence-electron chi connectivity index (χ3n) is 8.02. The lowest BCUT2D eigenvalue weighted by molar-refractivity contribution is -0.245. The smallest absolute Gasteiger partial charge is 0.319 e. The third kappa shape index (κ3) is 9.96. The summed E-state index contributed by atoms with van der Waals surface area (Å²) in [6.07, 6.45) is -0.206. The van der Waals surface area contributed by atoms with Crippen LogP contribution in [0.3, 0.4) is 0 Å². The third-order valence-corrected chi connectivity index (χ3v) is 9.17. The van der Waals surface area contributed by atoms with Gasteiger partial charge in [-0.1, -0.05) is 66.7 Å². The number of ether oxygens (including phenoxy) is 3. The number of aliphatic hydroxyl groups is 1. The second kappa shape index (κ2) is 17.0. The van der Waals surface area contributed by atoms with Gasteiger partial charge in [0, 0.05) is 47.5 Å². The van der Waals surface area contributed by atoms with Gasteiger partial charge >= 0.3 is 6.03 Å². The van der Waals surface area contributed by atoms with Crippen molar-refractivity contribution in [3.63, 3.8) is 0 Å². The minimum atomic E-state index is -0.585.